The molecule has 1 aromatic carbocycles. The van der Waals surface area contributed by atoms with Crippen LogP contribution in [0.1, 0.15) is 36.0 Å². The summed E-state index contributed by atoms with van der Waals surface area (Å²) < 4.78 is 0.616. The van der Waals surface area contributed by atoms with Gasteiger partial charge in [-0.05, 0) is 47.0 Å². The summed E-state index contributed by atoms with van der Waals surface area (Å²) >= 11 is 3.24. The average Bonchev–Trinajstić information content (AvgIpc) is 3.04. The summed E-state index contributed by atoms with van der Waals surface area (Å²) in [6.07, 6.45) is 5.33. The number of carbonyl (C=O) groups is 1. The fourth-order valence-electron chi connectivity index (χ4n) is 3.39. The van der Waals surface area contributed by atoms with E-state index in [1.807, 2.05) is 4.90 Å². The highest BCUT2D eigenvalue weighted by molar-refractivity contribution is 9.10. The van der Waals surface area contributed by atoms with Gasteiger partial charge >= 0.3 is 0 Å². The molecule has 21 heavy (non-hydrogen) atoms. The fourth-order valence-corrected chi connectivity index (χ4v) is 3.63. The average molecular weight is 353 g/mol. The Balaban J connectivity index is 1.60. The van der Waals surface area contributed by atoms with E-state index >= 15 is 0 Å². The highest BCUT2D eigenvalue weighted by Crippen LogP contribution is 2.26. The summed E-state index contributed by atoms with van der Waals surface area (Å²) in [5.74, 6) is 0.134. The molecule has 5 heteroatoms. The SMILES string of the molecule is O=C(c1ccc(Br)c(O)c1)N1CCN(C2CCCC2)CC1. The summed E-state index contributed by atoms with van der Waals surface area (Å²) in [6, 6.07) is 5.75. The van der Waals surface area contributed by atoms with Crippen molar-refractivity contribution in [2.75, 3.05) is 26.2 Å². The van der Waals surface area contributed by atoms with Crippen molar-refractivity contribution in [3.8, 4) is 5.75 Å². The van der Waals surface area contributed by atoms with E-state index in [2.05, 4.69) is 20.8 Å². The number of carbonyl (C=O) groups excluding carboxylic acids is 1. The molecule has 1 aromatic rings. The largest absolute Gasteiger partial charge is 0.507 e. The van der Waals surface area contributed by atoms with Gasteiger partial charge in [-0.25, -0.2) is 0 Å². The first-order chi connectivity index (χ1) is 10.1. The molecule has 0 atom stereocenters. The van der Waals surface area contributed by atoms with Gasteiger partial charge < -0.3 is 10.0 Å². The molecule has 0 bridgehead atoms. The molecule has 0 aromatic heterocycles. The second kappa shape index (κ2) is 6.36. The standard InChI is InChI=1S/C16H21BrN2O2/c17-14-6-5-12(11-15(14)20)16(21)19-9-7-18(8-10-19)13-3-1-2-4-13/h5-6,11,13,20H,1-4,7-10H2. The van der Waals surface area contributed by atoms with Crippen LogP contribution in [0, 0.1) is 0 Å². The number of piperazine rings is 1. The molecule has 114 valence electrons. The Morgan fingerprint density at radius 1 is 1.14 bits per heavy atom. The summed E-state index contributed by atoms with van der Waals surface area (Å²) in [6.45, 7) is 3.51. The smallest absolute Gasteiger partial charge is 0.254 e. The minimum absolute atomic E-state index is 0.0175. The maximum Gasteiger partial charge on any atom is 0.254 e. The molecule has 2 fully saturated rings. The predicted octanol–water partition coefficient (Wildman–Crippen LogP) is 2.86. The van der Waals surface area contributed by atoms with Crippen LogP contribution in [0.5, 0.6) is 5.75 Å². The van der Waals surface area contributed by atoms with Crippen molar-refractivity contribution < 1.29 is 9.90 Å². The van der Waals surface area contributed by atoms with Gasteiger partial charge in [-0.2, -0.15) is 0 Å². The minimum atomic E-state index is 0.0175. The Labute approximate surface area is 133 Å². The molecule has 1 heterocycles. The molecular weight excluding hydrogens is 332 g/mol. The maximum absolute atomic E-state index is 12.5. The van der Waals surface area contributed by atoms with Gasteiger partial charge in [0.2, 0.25) is 0 Å². The number of amides is 1. The van der Waals surface area contributed by atoms with Crippen LogP contribution in [0.25, 0.3) is 0 Å². The topological polar surface area (TPSA) is 43.8 Å². The number of halogens is 1. The van der Waals surface area contributed by atoms with Crippen molar-refractivity contribution in [3.05, 3.63) is 28.2 Å². The molecule has 1 aliphatic carbocycles. The van der Waals surface area contributed by atoms with E-state index < -0.39 is 0 Å². The van der Waals surface area contributed by atoms with Gasteiger partial charge in [0.15, 0.2) is 0 Å². The van der Waals surface area contributed by atoms with E-state index in [-0.39, 0.29) is 11.7 Å². The molecule has 1 saturated heterocycles. The van der Waals surface area contributed by atoms with E-state index in [4.69, 9.17) is 0 Å². The second-order valence-corrected chi connectivity index (χ2v) is 6.79. The van der Waals surface area contributed by atoms with Gasteiger partial charge in [-0.3, -0.25) is 9.69 Å². The zero-order chi connectivity index (χ0) is 14.8. The molecule has 0 radical (unpaired) electrons. The number of benzene rings is 1. The molecule has 1 saturated carbocycles. The molecular formula is C16H21BrN2O2. The van der Waals surface area contributed by atoms with Crippen molar-refractivity contribution >= 4 is 21.8 Å². The number of rotatable bonds is 2. The summed E-state index contributed by atoms with van der Waals surface area (Å²) in [5, 5.41) is 9.71. The highest BCUT2D eigenvalue weighted by atomic mass is 79.9. The van der Waals surface area contributed by atoms with Crippen LogP contribution >= 0.6 is 15.9 Å². The van der Waals surface area contributed by atoms with E-state index in [0.29, 0.717) is 10.0 Å². The maximum atomic E-state index is 12.5. The lowest BCUT2D eigenvalue weighted by atomic mass is 10.1. The van der Waals surface area contributed by atoms with Crippen LogP contribution in [0.2, 0.25) is 0 Å². The van der Waals surface area contributed by atoms with Crippen LogP contribution < -0.4 is 0 Å². The van der Waals surface area contributed by atoms with Gasteiger partial charge in [-0.15, -0.1) is 0 Å². The molecule has 1 N–H and O–H groups in total. The third kappa shape index (κ3) is 3.24. The molecule has 3 rings (SSSR count). The molecule has 0 spiro atoms. The van der Waals surface area contributed by atoms with Crippen LogP contribution in [0.3, 0.4) is 0 Å². The van der Waals surface area contributed by atoms with Crippen LogP contribution in [-0.2, 0) is 0 Å². The zero-order valence-electron chi connectivity index (χ0n) is 12.1. The van der Waals surface area contributed by atoms with Gasteiger partial charge in [0.1, 0.15) is 5.75 Å². The molecule has 0 unspecified atom stereocenters. The van der Waals surface area contributed by atoms with Crippen molar-refractivity contribution in [2.24, 2.45) is 0 Å². The third-order valence-corrected chi connectivity index (χ3v) is 5.31. The van der Waals surface area contributed by atoms with Crippen molar-refractivity contribution in [3.63, 3.8) is 0 Å². The van der Waals surface area contributed by atoms with Crippen LogP contribution in [0.15, 0.2) is 22.7 Å². The first-order valence-electron chi connectivity index (χ1n) is 7.67. The van der Waals surface area contributed by atoms with Crippen molar-refractivity contribution in [1.29, 1.82) is 0 Å². The van der Waals surface area contributed by atoms with Crippen molar-refractivity contribution in [1.82, 2.24) is 9.80 Å². The minimum Gasteiger partial charge on any atom is -0.507 e. The Morgan fingerprint density at radius 3 is 2.43 bits per heavy atom. The summed E-state index contributed by atoms with van der Waals surface area (Å²) in [5.41, 5.74) is 0.560. The number of hydrogen-bond donors (Lipinski definition) is 1. The summed E-state index contributed by atoms with van der Waals surface area (Å²) in [7, 11) is 0. The first-order valence-corrected chi connectivity index (χ1v) is 8.46. The fraction of sp³-hybridized carbons (Fsp3) is 0.562. The van der Waals surface area contributed by atoms with Gasteiger partial charge in [-0.1, -0.05) is 12.8 Å². The first kappa shape index (κ1) is 14.9. The molecule has 2 aliphatic rings. The van der Waals surface area contributed by atoms with Gasteiger partial charge in [0, 0.05) is 37.8 Å². The van der Waals surface area contributed by atoms with E-state index in [1.165, 1.54) is 31.7 Å². The normalized spacial score (nSPS) is 20.9. The van der Waals surface area contributed by atoms with Gasteiger partial charge in [0.05, 0.1) is 4.47 Å². The number of aromatic hydroxyl groups is 1. The van der Waals surface area contributed by atoms with E-state index in [0.717, 1.165) is 32.2 Å². The van der Waals surface area contributed by atoms with Crippen LogP contribution in [-0.4, -0.2) is 53.0 Å². The number of nitrogens with zero attached hydrogens (tertiary/aromatic N) is 2. The van der Waals surface area contributed by atoms with Crippen LogP contribution in [0.4, 0.5) is 0 Å². The lowest BCUT2D eigenvalue weighted by Gasteiger charge is -2.38. The zero-order valence-corrected chi connectivity index (χ0v) is 13.7. The Bertz CT molecular complexity index is 521. The number of hydrogen-bond acceptors (Lipinski definition) is 3. The lowest BCUT2D eigenvalue weighted by molar-refractivity contribution is 0.0573. The van der Waals surface area contributed by atoms with E-state index in [9.17, 15) is 9.90 Å². The van der Waals surface area contributed by atoms with Crippen molar-refractivity contribution in [2.45, 2.75) is 31.7 Å². The molecule has 4 nitrogen and oxygen atoms in total. The summed E-state index contributed by atoms with van der Waals surface area (Å²) in [4.78, 5) is 16.9. The number of phenolic OH excluding ortho intramolecular Hbond substituents is 1. The molecule has 1 amide bonds. The Kier molecular flexibility index (Phi) is 4.50. The second-order valence-electron chi connectivity index (χ2n) is 5.93. The molecule has 1 aliphatic heterocycles. The van der Waals surface area contributed by atoms with E-state index in [1.54, 1.807) is 12.1 Å². The lowest BCUT2D eigenvalue weighted by Crippen LogP contribution is -2.51. The van der Waals surface area contributed by atoms with Gasteiger partial charge in [0.25, 0.3) is 5.91 Å². The monoisotopic (exact) mass is 352 g/mol. The third-order valence-electron chi connectivity index (χ3n) is 4.64. The quantitative estimate of drug-likeness (QED) is 0.889. The Hall–Kier alpha value is -1.07. The predicted molar refractivity (Wildman–Crippen MR) is 85.5 cm³/mol. The Morgan fingerprint density at radius 2 is 1.81 bits per heavy atom. The number of phenols is 1. The highest BCUT2D eigenvalue weighted by Gasteiger charge is 2.28.